The molecule has 2 aliphatic rings. The summed E-state index contributed by atoms with van der Waals surface area (Å²) in [4.78, 5) is 27.8. The Morgan fingerprint density at radius 1 is 1.10 bits per heavy atom. The molecule has 3 aromatic heterocycles. The molecule has 0 radical (unpaired) electrons. The van der Waals surface area contributed by atoms with Gasteiger partial charge in [-0.1, -0.05) is 12.1 Å². The highest BCUT2D eigenvalue weighted by atomic mass is 32.1. The van der Waals surface area contributed by atoms with Gasteiger partial charge in [-0.25, -0.2) is 0 Å². The van der Waals surface area contributed by atoms with Gasteiger partial charge in [0.2, 0.25) is 0 Å². The van der Waals surface area contributed by atoms with Crippen molar-refractivity contribution >= 4 is 17.2 Å². The van der Waals surface area contributed by atoms with Crippen LogP contribution in [-0.2, 0) is 22.6 Å². The fourth-order valence-corrected chi connectivity index (χ4v) is 5.35. The second-order valence-corrected chi connectivity index (χ2v) is 8.94. The maximum absolute atomic E-state index is 13.8. The Morgan fingerprint density at radius 3 is 2.77 bits per heavy atom. The molecule has 5 heterocycles. The lowest BCUT2D eigenvalue weighted by Crippen LogP contribution is -2.59. The van der Waals surface area contributed by atoms with Crippen molar-refractivity contribution in [1.29, 1.82) is 0 Å². The highest BCUT2D eigenvalue weighted by Gasteiger charge is 2.57. The third-order valence-corrected chi connectivity index (χ3v) is 6.86. The summed E-state index contributed by atoms with van der Waals surface area (Å²) >= 11 is 1.75. The van der Waals surface area contributed by atoms with Crippen molar-refractivity contribution in [1.82, 2.24) is 19.8 Å². The van der Waals surface area contributed by atoms with Crippen LogP contribution in [0.1, 0.15) is 21.9 Å². The Hall–Kier alpha value is -2.61. The monoisotopic (exact) mass is 420 g/mol. The van der Waals surface area contributed by atoms with Crippen molar-refractivity contribution in [3.63, 3.8) is 0 Å². The van der Waals surface area contributed by atoms with E-state index in [9.17, 15) is 4.79 Å². The van der Waals surface area contributed by atoms with Gasteiger partial charge in [0.15, 0.2) is 5.60 Å². The number of likely N-dealkylation sites (tertiary alicyclic amines) is 1. The van der Waals surface area contributed by atoms with Crippen LogP contribution < -0.4 is 0 Å². The van der Waals surface area contributed by atoms with Crippen molar-refractivity contribution in [3.8, 4) is 0 Å². The van der Waals surface area contributed by atoms with Gasteiger partial charge in [0.05, 0.1) is 6.61 Å². The molecular formula is C23H24N4O2S. The number of carbonyl (C=O) groups is 1. The number of hydrogen-bond donors (Lipinski definition) is 0. The van der Waals surface area contributed by atoms with E-state index < -0.39 is 5.60 Å². The van der Waals surface area contributed by atoms with E-state index in [0.29, 0.717) is 26.2 Å². The molecule has 3 aromatic rings. The van der Waals surface area contributed by atoms with Crippen LogP contribution in [0.3, 0.4) is 0 Å². The number of aromatic nitrogens is 2. The zero-order valence-electron chi connectivity index (χ0n) is 16.7. The van der Waals surface area contributed by atoms with Gasteiger partial charge in [-0.3, -0.25) is 19.7 Å². The molecule has 0 aliphatic carbocycles. The predicted molar refractivity (Wildman–Crippen MR) is 115 cm³/mol. The number of pyridine rings is 2. The molecule has 0 bridgehead atoms. The highest BCUT2D eigenvalue weighted by Crippen LogP contribution is 2.42. The van der Waals surface area contributed by atoms with Crippen LogP contribution >= 0.6 is 11.3 Å². The minimum atomic E-state index is -0.869. The Kier molecular flexibility index (Phi) is 5.33. The first-order valence-electron chi connectivity index (χ1n) is 10.2. The van der Waals surface area contributed by atoms with E-state index in [2.05, 4.69) is 38.4 Å². The zero-order valence-corrected chi connectivity index (χ0v) is 17.5. The fraction of sp³-hybridized carbons (Fsp3) is 0.348. The quantitative estimate of drug-likeness (QED) is 0.635. The van der Waals surface area contributed by atoms with Gasteiger partial charge in [0.1, 0.15) is 0 Å². The standard InChI is InChI=1S/C23H24N4O2S/c28-22-23(29-11-10-27(22)14-18-5-8-24-9-6-18)17-26(15-20-4-2-12-30-20)16-21(23)19-3-1-7-25-13-19/h1-9,12-13,21H,10-11,14-17H2/t21-,23-/m0/s1. The molecule has 0 unspecified atom stereocenters. The second-order valence-electron chi connectivity index (χ2n) is 7.91. The molecule has 2 fully saturated rings. The number of carbonyl (C=O) groups excluding carboxylic acids is 1. The minimum Gasteiger partial charge on any atom is -0.361 e. The number of thiophene rings is 1. The molecule has 1 amide bonds. The molecule has 0 aromatic carbocycles. The number of ether oxygens (including phenoxy) is 1. The molecule has 2 aliphatic heterocycles. The molecular weight excluding hydrogens is 396 g/mol. The number of hydrogen-bond acceptors (Lipinski definition) is 6. The van der Waals surface area contributed by atoms with Crippen LogP contribution in [0.4, 0.5) is 0 Å². The summed E-state index contributed by atoms with van der Waals surface area (Å²) in [5, 5.41) is 2.10. The lowest BCUT2D eigenvalue weighted by molar-refractivity contribution is -0.173. The average Bonchev–Trinajstić information content (AvgIpc) is 3.42. The lowest BCUT2D eigenvalue weighted by atomic mass is 9.83. The van der Waals surface area contributed by atoms with Crippen molar-refractivity contribution in [2.24, 2.45) is 0 Å². The van der Waals surface area contributed by atoms with Gasteiger partial charge in [-0.15, -0.1) is 11.3 Å². The summed E-state index contributed by atoms with van der Waals surface area (Å²) in [6.07, 6.45) is 7.19. The normalized spacial score (nSPS) is 24.6. The first-order valence-corrected chi connectivity index (χ1v) is 11.1. The van der Waals surface area contributed by atoms with Gasteiger partial charge in [0, 0.05) is 68.3 Å². The largest absolute Gasteiger partial charge is 0.361 e. The van der Waals surface area contributed by atoms with Crippen LogP contribution in [0.2, 0.25) is 0 Å². The second kappa shape index (κ2) is 8.26. The van der Waals surface area contributed by atoms with Gasteiger partial charge >= 0.3 is 0 Å². The number of rotatable bonds is 5. The predicted octanol–water partition coefficient (Wildman–Crippen LogP) is 2.94. The zero-order chi connectivity index (χ0) is 20.4. The first kappa shape index (κ1) is 19.4. The van der Waals surface area contributed by atoms with Crippen molar-refractivity contribution < 1.29 is 9.53 Å². The van der Waals surface area contributed by atoms with Crippen LogP contribution in [0.25, 0.3) is 0 Å². The number of nitrogens with zero attached hydrogens (tertiary/aromatic N) is 4. The summed E-state index contributed by atoms with van der Waals surface area (Å²) in [7, 11) is 0. The summed E-state index contributed by atoms with van der Waals surface area (Å²) in [6, 6.07) is 12.1. The highest BCUT2D eigenvalue weighted by molar-refractivity contribution is 7.09. The lowest BCUT2D eigenvalue weighted by Gasteiger charge is -2.42. The molecule has 5 rings (SSSR count). The summed E-state index contributed by atoms with van der Waals surface area (Å²) in [6.45, 7) is 3.93. The van der Waals surface area contributed by atoms with Gasteiger partial charge in [-0.05, 0) is 40.8 Å². The topological polar surface area (TPSA) is 58.6 Å². The Morgan fingerprint density at radius 2 is 2.00 bits per heavy atom. The van der Waals surface area contributed by atoms with Crippen LogP contribution in [0, 0.1) is 0 Å². The number of morpholine rings is 1. The van der Waals surface area contributed by atoms with E-state index in [0.717, 1.165) is 24.2 Å². The SMILES string of the molecule is O=C1N(Cc2ccncc2)CCO[C@]12CN(Cc1cccs1)C[C@H]2c1cccnc1. The molecule has 30 heavy (non-hydrogen) atoms. The van der Waals surface area contributed by atoms with Gasteiger partial charge in [-0.2, -0.15) is 0 Å². The van der Waals surface area contributed by atoms with E-state index in [4.69, 9.17) is 4.74 Å². The summed E-state index contributed by atoms with van der Waals surface area (Å²) in [5.41, 5.74) is 1.28. The van der Waals surface area contributed by atoms with E-state index in [1.807, 2.05) is 29.3 Å². The van der Waals surface area contributed by atoms with E-state index in [-0.39, 0.29) is 11.8 Å². The average molecular weight is 421 g/mol. The Bertz CT molecular complexity index is 983. The molecule has 154 valence electrons. The molecule has 7 heteroatoms. The minimum absolute atomic E-state index is 0.0427. The van der Waals surface area contributed by atoms with Crippen LogP contribution in [-0.4, -0.2) is 57.5 Å². The molecule has 0 N–H and O–H groups in total. The van der Waals surface area contributed by atoms with Crippen molar-refractivity contribution in [3.05, 3.63) is 82.6 Å². The maximum Gasteiger partial charge on any atom is 0.257 e. The van der Waals surface area contributed by atoms with Crippen molar-refractivity contribution in [2.75, 3.05) is 26.2 Å². The number of amides is 1. The van der Waals surface area contributed by atoms with Crippen LogP contribution in [0.5, 0.6) is 0 Å². The molecule has 1 spiro atoms. The smallest absolute Gasteiger partial charge is 0.257 e. The Balaban J connectivity index is 1.45. The van der Waals surface area contributed by atoms with E-state index in [1.54, 1.807) is 29.9 Å². The summed E-state index contributed by atoms with van der Waals surface area (Å²) in [5.74, 6) is 0.0343. The van der Waals surface area contributed by atoms with E-state index >= 15 is 0 Å². The van der Waals surface area contributed by atoms with E-state index in [1.165, 1.54) is 4.88 Å². The molecule has 2 atom stereocenters. The maximum atomic E-state index is 13.8. The summed E-state index contributed by atoms with van der Waals surface area (Å²) < 4.78 is 6.35. The fourth-order valence-electron chi connectivity index (χ4n) is 4.60. The third-order valence-electron chi connectivity index (χ3n) is 6.00. The van der Waals surface area contributed by atoms with Crippen molar-refractivity contribution in [2.45, 2.75) is 24.6 Å². The van der Waals surface area contributed by atoms with Gasteiger partial charge < -0.3 is 9.64 Å². The first-order chi connectivity index (χ1) is 14.7. The Labute approximate surface area is 180 Å². The molecule has 6 nitrogen and oxygen atoms in total. The van der Waals surface area contributed by atoms with Crippen LogP contribution in [0.15, 0.2) is 66.6 Å². The molecule has 0 saturated carbocycles. The molecule has 2 saturated heterocycles. The third kappa shape index (κ3) is 3.64. The van der Waals surface area contributed by atoms with Gasteiger partial charge in [0.25, 0.3) is 5.91 Å².